The van der Waals surface area contributed by atoms with Gasteiger partial charge in [-0.25, -0.2) is 9.48 Å². The normalized spacial score (nSPS) is 18.4. The van der Waals surface area contributed by atoms with Crippen molar-refractivity contribution in [1.82, 2.24) is 4.90 Å². The highest BCUT2D eigenvalue weighted by Gasteiger charge is 2.57. The molecule has 0 fully saturated rings. The third-order valence-corrected chi connectivity index (χ3v) is 6.92. The predicted molar refractivity (Wildman–Crippen MR) is 140 cm³/mol. The van der Waals surface area contributed by atoms with Gasteiger partial charge in [0.2, 0.25) is 23.7 Å². The molecule has 3 aromatic carbocycles. The zero-order valence-corrected chi connectivity index (χ0v) is 22.8. The molecule has 196 valence electrons. The van der Waals surface area contributed by atoms with Gasteiger partial charge in [0.1, 0.15) is 13.1 Å². The van der Waals surface area contributed by atoms with E-state index in [4.69, 9.17) is 9.47 Å². The number of nitrogens with zero attached hydrogens (tertiary/aromatic N) is 2. The SMILES string of the molecule is COCCN1C(/C=C/c2ccc(O)c(OC)c2)=[N+](Cc2ccccc2)C2C(=O)c3ccccc3C(=O)C21.[Br-]. The fourth-order valence-corrected chi connectivity index (χ4v) is 5.16. The zero-order chi connectivity index (χ0) is 25.9. The lowest BCUT2D eigenvalue weighted by Gasteiger charge is -2.27. The van der Waals surface area contributed by atoms with Crippen LogP contribution in [0.2, 0.25) is 0 Å². The van der Waals surface area contributed by atoms with Gasteiger partial charge in [-0.3, -0.25) is 9.59 Å². The van der Waals surface area contributed by atoms with Crippen LogP contribution >= 0.6 is 0 Å². The number of Topliss-reactive ketones (excluding diaryl/α,β-unsaturated/α-hetero) is 2. The summed E-state index contributed by atoms with van der Waals surface area (Å²) in [5, 5.41) is 9.98. The largest absolute Gasteiger partial charge is 1.00 e. The smallest absolute Gasteiger partial charge is 0.273 e. The van der Waals surface area contributed by atoms with Gasteiger partial charge in [0, 0.05) is 24.3 Å². The van der Waals surface area contributed by atoms with Crippen molar-refractivity contribution in [3.63, 3.8) is 0 Å². The lowest BCUT2D eigenvalue weighted by atomic mass is 9.82. The predicted octanol–water partition coefficient (Wildman–Crippen LogP) is 0.808. The van der Waals surface area contributed by atoms with Crippen LogP contribution in [0.5, 0.6) is 11.5 Å². The Morgan fingerprint density at radius 1 is 0.921 bits per heavy atom. The monoisotopic (exact) mass is 576 g/mol. The maximum atomic E-state index is 13.9. The summed E-state index contributed by atoms with van der Waals surface area (Å²) in [6.07, 6.45) is 3.82. The topological polar surface area (TPSA) is 79.1 Å². The summed E-state index contributed by atoms with van der Waals surface area (Å²) in [6, 6.07) is 20.8. The van der Waals surface area contributed by atoms with Crippen molar-refractivity contribution < 1.29 is 45.7 Å². The number of hydrogen-bond donors (Lipinski definition) is 1. The van der Waals surface area contributed by atoms with Gasteiger partial charge in [0.15, 0.2) is 11.5 Å². The maximum absolute atomic E-state index is 13.9. The summed E-state index contributed by atoms with van der Waals surface area (Å²) in [4.78, 5) is 29.7. The Hall–Kier alpha value is -3.75. The first-order valence-corrected chi connectivity index (χ1v) is 12.2. The van der Waals surface area contributed by atoms with E-state index in [-0.39, 0.29) is 34.3 Å². The summed E-state index contributed by atoms with van der Waals surface area (Å²) in [5.74, 6) is 1.06. The standard InChI is InChI=1S/C30H28N2O5.BrH/c1-36-17-16-31-26(15-13-20-12-14-24(33)25(18-20)37-2)32(19-21-8-4-3-5-9-21)28-27(31)29(34)22-10-6-7-11-23(22)30(28)35;/h3-15,18,27-28H,16-17,19H2,1-2H3;1H. The minimum Gasteiger partial charge on any atom is -1.00 e. The molecule has 7 nitrogen and oxygen atoms in total. The summed E-state index contributed by atoms with van der Waals surface area (Å²) in [6.45, 7) is 1.31. The molecule has 5 rings (SSSR count). The molecular formula is C30H29BrN2O5. The average molecular weight is 577 g/mol. The van der Waals surface area contributed by atoms with Crippen molar-refractivity contribution >= 4 is 23.5 Å². The molecule has 1 heterocycles. The van der Waals surface area contributed by atoms with Crippen LogP contribution in [0.25, 0.3) is 6.08 Å². The Labute approximate surface area is 232 Å². The molecule has 0 radical (unpaired) electrons. The molecule has 2 aliphatic rings. The van der Waals surface area contributed by atoms with E-state index in [1.807, 2.05) is 52.0 Å². The molecular weight excluding hydrogens is 548 g/mol. The highest BCUT2D eigenvalue weighted by atomic mass is 79.9. The van der Waals surface area contributed by atoms with Gasteiger partial charge in [0.05, 0.1) is 13.7 Å². The number of ether oxygens (including phenoxy) is 2. The van der Waals surface area contributed by atoms with E-state index in [1.165, 1.54) is 7.11 Å². The first-order valence-electron chi connectivity index (χ1n) is 12.2. The zero-order valence-electron chi connectivity index (χ0n) is 21.2. The van der Waals surface area contributed by atoms with E-state index in [0.717, 1.165) is 17.0 Å². The first kappa shape index (κ1) is 27.3. The fraction of sp³-hybridized carbons (Fsp3) is 0.233. The molecule has 1 aliphatic carbocycles. The number of methoxy groups -OCH3 is 2. The van der Waals surface area contributed by atoms with Crippen molar-refractivity contribution in [2.24, 2.45) is 0 Å². The Morgan fingerprint density at radius 3 is 2.29 bits per heavy atom. The number of aromatic hydroxyl groups is 1. The second-order valence-corrected chi connectivity index (χ2v) is 9.09. The lowest BCUT2D eigenvalue weighted by molar-refractivity contribution is -0.557. The molecule has 0 spiro atoms. The summed E-state index contributed by atoms with van der Waals surface area (Å²) in [7, 11) is 3.12. The van der Waals surface area contributed by atoms with Crippen molar-refractivity contribution in [3.8, 4) is 11.5 Å². The van der Waals surface area contributed by atoms with E-state index in [1.54, 1.807) is 49.6 Å². The summed E-state index contributed by atoms with van der Waals surface area (Å²) < 4.78 is 12.7. The number of halogens is 1. The van der Waals surface area contributed by atoms with Gasteiger partial charge in [0.25, 0.3) is 5.84 Å². The van der Waals surface area contributed by atoms with E-state index in [0.29, 0.717) is 36.6 Å². The van der Waals surface area contributed by atoms with Gasteiger partial charge in [-0.05, 0) is 29.3 Å². The van der Waals surface area contributed by atoms with E-state index in [2.05, 4.69) is 0 Å². The Kier molecular flexibility index (Phi) is 8.44. The quantitative estimate of drug-likeness (QED) is 0.400. The number of amidine groups is 1. The molecule has 0 aromatic heterocycles. The Morgan fingerprint density at radius 2 is 1.61 bits per heavy atom. The number of carbonyl (C=O) groups is 2. The average Bonchev–Trinajstić information content (AvgIpc) is 3.23. The molecule has 3 aromatic rings. The van der Waals surface area contributed by atoms with Gasteiger partial charge in [-0.15, -0.1) is 0 Å². The van der Waals surface area contributed by atoms with Crippen molar-refractivity contribution in [2.75, 3.05) is 27.4 Å². The lowest BCUT2D eigenvalue weighted by Crippen LogP contribution is -3.00. The second kappa shape index (κ2) is 11.8. The summed E-state index contributed by atoms with van der Waals surface area (Å²) in [5.41, 5.74) is 2.77. The Bertz CT molecular complexity index is 1400. The molecule has 2 atom stereocenters. The van der Waals surface area contributed by atoms with Crippen molar-refractivity contribution in [1.29, 1.82) is 0 Å². The van der Waals surface area contributed by atoms with Crippen LogP contribution in [-0.4, -0.2) is 71.4 Å². The molecule has 0 bridgehead atoms. The molecule has 38 heavy (non-hydrogen) atoms. The third kappa shape index (κ3) is 5.01. The number of hydrogen-bond acceptors (Lipinski definition) is 6. The third-order valence-electron chi connectivity index (χ3n) is 6.92. The van der Waals surface area contributed by atoms with Crippen molar-refractivity contribution in [2.45, 2.75) is 18.6 Å². The number of carbonyl (C=O) groups excluding carboxylic acids is 2. The summed E-state index contributed by atoms with van der Waals surface area (Å²) >= 11 is 0. The van der Waals surface area contributed by atoms with E-state index < -0.39 is 12.1 Å². The molecule has 0 saturated carbocycles. The minimum atomic E-state index is -0.659. The molecule has 8 heteroatoms. The van der Waals surface area contributed by atoms with Crippen LogP contribution < -0.4 is 21.7 Å². The molecule has 1 aliphatic heterocycles. The minimum absolute atomic E-state index is 0. The highest BCUT2D eigenvalue weighted by Crippen LogP contribution is 2.33. The fourth-order valence-electron chi connectivity index (χ4n) is 5.16. The maximum Gasteiger partial charge on any atom is 0.273 e. The van der Waals surface area contributed by atoms with Gasteiger partial charge in [-0.1, -0.05) is 60.7 Å². The molecule has 1 N–H and O–H groups in total. The number of rotatable bonds is 8. The molecule has 2 unspecified atom stereocenters. The van der Waals surface area contributed by atoms with E-state index in [9.17, 15) is 14.7 Å². The number of fused-ring (bicyclic) bond motifs is 2. The number of benzene rings is 3. The van der Waals surface area contributed by atoms with Crippen LogP contribution in [0.1, 0.15) is 31.8 Å². The second-order valence-electron chi connectivity index (χ2n) is 9.09. The van der Waals surface area contributed by atoms with Crippen LogP contribution in [0, 0.1) is 0 Å². The van der Waals surface area contributed by atoms with Gasteiger partial charge >= 0.3 is 0 Å². The van der Waals surface area contributed by atoms with Crippen LogP contribution in [0.3, 0.4) is 0 Å². The van der Waals surface area contributed by atoms with Crippen LogP contribution in [0.4, 0.5) is 0 Å². The Balaban J connectivity index is 0.00000336. The van der Waals surface area contributed by atoms with Crippen LogP contribution in [-0.2, 0) is 11.3 Å². The number of ketones is 2. The van der Waals surface area contributed by atoms with Gasteiger partial charge in [-0.2, -0.15) is 0 Å². The van der Waals surface area contributed by atoms with Crippen molar-refractivity contribution in [3.05, 3.63) is 101 Å². The van der Waals surface area contributed by atoms with Crippen LogP contribution in [0.15, 0.2) is 78.9 Å². The van der Waals surface area contributed by atoms with E-state index >= 15 is 0 Å². The molecule has 0 saturated heterocycles. The first-order chi connectivity index (χ1) is 18.0. The van der Waals surface area contributed by atoms with Gasteiger partial charge < -0.3 is 31.6 Å². The number of phenolic OH excluding ortho intramolecular Hbond substituents is 1. The molecule has 0 amide bonds. The highest BCUT2D eigenvalue weighted by molar-refractivity contribution is 6.20. The number of phenols is 1.